The highest BCUT2D eigenvalue weighted by atomic mass is 16.5. The maximum Gasteiger partial charge on any atom is 0.0559 e. The number of fused-ring (bicyclic) bond motifs is 1. The molecule has 2 aromatic rings. The Morgan fingerprint density at radius 3 is 2.82 bits per heavy atom. The SMILES string of the molecule is Cc1ccc2[nH]cc(CNCC3(C4CCCC4)COC3)c2c1. The van der Waals surface area contributed by atoms with Crippen molar-refractivity contribution in [3.63, 3.8) is 0 Å². The van der Waals surface area contributed by atoms with Gasteiger partial charge in [0, 0.05) is 35.6 Å². The van der Waals surface area contributed by atoms with Crippen molar-refractivity contribution in [2.45, 2.75) is 39.2 Å². The topological polar surface area (TPSA) is 37.0 Å². The van der Waals surface area contributed by atoms with Crippen LogP contribution in [0.15, 0.2) is 24.4 Å². The second-order valence-corrected chi connectivity index (χ2v) is 7.30. The van der Waals surface area contributed by atoms with Crippen molar-refractivity contribution < 1.29 is 4.74 Å². The van der Waals surface area contributed by atoms with Crippen LogP contribution in [0.25, 0.3) is 10.9 Å². The summed E-state index contributed by atoms with van der Waals surface area (Å²) in [6, 6.07) is 6.62. The van der Waals surface area contributed by atoms with Gasteiger partial charge < -0.3 is 15.0 Å². The van der Waals surface area contributed by atoms with Gasteiger partial charge in [-0.3, -0.25) is 0 Å². The maximum absolute atomic E-state index is 5.58. The van der Waals surface area contributed by atoms with E-state index >= 15 is 0 Å². The summed E-state index contributed by atoms with van der Waals surface area (Å²) < 4.78 is 5.58. The van der Waals surface area contributed by atoms with Gasteiger partial charge in [0.25, 0.3) is 0 Å². The van der Waals surface area contributed by atoms with Crippen molar-refractivity contribution in [2.24, 2.45) is 11.3 Å². The van der Waals surface area contributed by atoms with Crippen LogP contribution in [0.1, 0.15) is 36.8 Å². The van der Waals surface area contributed by atoms with Crippen molar-refractivity contribution in [3.8, 4) is 0 Å². The lowest BCUT2D eigenvalue weighted by molar-refractivity contribution is -0.142. The molecule has 0 radical (unpaired) electrons. The number of H-pyrrole nitrogens is 1. The van der Waals surface area contributed by atoms with E-state index in [9.17, 15) is 0 Å². The second kappa shape index (κ2) is 5.71. The molecule has 22 heavy (non-hydrogen) atoms. The van der Waals surface area contributed by atoms with Gasteiger partial charge in [-0.1, -0.05) is 24.5 Å². The number of hydrogen-bond acceptors (Lipinski definition) is 2. The highest BCUT2D eigenvalue weighted by Gasteiger charge is 2.45. The number of hydrogen-bond donors (Lipinski definition) is 2. The van der Waals surface area contributed by atoms with Crippen molar-refractivity contribution in [2.75, 3.05) is 19.8 Å². The molecule has 2 heterocycles. The standard InChI is InChI=1S/C19H26N2O/c1-14-6-7-18-17(8-14)15(10-21-18)9-20-11-19(12-22-13-19)16-4-2-3-5-16/h6-8,10,16,20-21H,2-5,9,11-13H2,1H3. The molecule has 2 N–H and O–H groups in total. The predicted octanol–water partition coefficient (Wildman–Crippen LogP) is 3.77. The minimum absolute atomic E-state index is 0.415. The Hall–Kier alpha value is -1.32. The number of benzene rings is 1. The van der Waals surface area contributed by atoms with Gasteiger partial charge >= 0.3 is 0 Å². The highest BCUT2D eigenvalue weighted by molar-refractivity contribution is 5.83. The van der Waals surface area contributed by atoms with Gasteiger partial charge in [0.05, 0.1) is 13.2 Å². The van der Waals surface area contributed by atoms with Crippen molar-refractivity contribution in [3.05, 3.63) is 35.5 Å². The zero-order chi connectivity index (χ0) is 15.0. The summed E-state index contributed by atoms with van der Waals surface area (Å²) in [6.45, 7) is 6.10. The molecule has 1 aromatic carbocycles. The summed E-state index contributed by atoms with van der Waals surface area (Å²) in [6.07, 6.45) is 7.77. The second-order valence-electron chi connectivity index (χ2n) is 7.30. The van der Waals surface area contributed by atoms with E-state index in [0.717, 1.165) is 32.2 Å². The fraction of sp³-hybridized carbons (Fsp3) is 0.579. The molecule has 1 saturated heterocycles. The first-order valence-corrected chi connectivity index (χ1v) is 8.62. The van der Waals surface area contributed by atoms with Crippen molar-refractivity contribution >= 4 is 10.9 Å². The predicted molar refractivity (Wildman–Crippen MR) is 90.0 cm³/mol. The summed E-state index contributed by atoms with van der Waals surface area (Å²) in [5, 5.41) is 5.07. The van der Waals surface area contributed by atoms with Crippen LogP contribution < -0.4 is 5.32 Å². The Labute approximate surface area is 132 Å². The number of aryl methyl sites for hydroxylation is 1. The van der Waals surface area contributed by atoms with Crippen LogP contribution in [0.2, 0.25) is 0 Å². The van der Waals surface area contributed by atoms with Gasteiger partial charge in [0.2, 0.25) is 0 Å². The van der Waals surface area contributed by atoms with Crippen molar-refractivity contribution in [1.29, 1.82) is 0 Å². The minimum atomic E-state index is 0.415. The Morgan fingerprint density at radius 2 is 2.09 bits per heavy atom. The molecule has 1 saturated carbocycles. The third-order valence-electron chi connectivity index (χ3n) is 5.72. The van der Waals surface area contributed by atoms with E-state index < -0.39 is 0 Å². The molecule has 1 aromatic heterocycles. The number of rotatable bonds is 5. The Morgan fingerprint density at radius 1 is 1.27 bits per heavy atom. The summed E-state index contributed by atoms with van der Waals surface area (Å²) in [5.41, 5.74) is 4.35. The van der Waals surface area contributed by atoms with Gasteiger partial charge in [0.15, 0.2) is 0 Å². The number of aromatic amines is 1. The van der Waals surface area contributed by atoms with E-state index in [0.29, 0.717) is 5.41 Å². The van der Waals surface area contributed by atoms with Crippen LogP contribution >= 0.6 is 0 Å². The largest absolute Gasteiger partial charge is 0.380 e. The molecule has 0 spiro atoms. The smallest absolute Gasteiger partial charge is 0.0559 e. The molecule has 0 atom stereocenters. The van der Waals surface area contributed by atoms with E-state index in [-0.39, 0.29) is 0 Å². The van der Waals surface area contributed by atoms with Crippen LogP contribution in [0.5, 0.6) is 0 Å². The molecular weight excluding hydrogens is 272 g/mol. The number of ether oxygens (including phenoxy) is 1. The third kappa shape index (κ3) is 2.46. The van der Waals surface area contributed by atoms with Gasteiger partial charge in [-0.15, -0.1) is 0 Å². The lowest BCUT2D eigenvalue weighted by Crippen LogP contribution is -2.53. The van der Waals surface area contributed by atoms with Crippen LogP contribution in [0.3, 0.4) is 0 Å². The molecule has 0 bridgehead atoms. The van der Waals surface area contributed by atoms with E-state index in [4.69, 9.17) is 4.74 Å². The van der Waals surface area contributed by atoms with Crippen molar-refractivity contribution in [1.82, 2.24) is 10.3 Å². The Balaban J connectivity index is 1.42. The minimum Gasteiger partial charge on any atom is -0.380 e. The molecule has 3 nitrogen and oxygen atoms in total. The molecule has 3 heteroatoms. The third-order valence-corrected chi connectivity index (χ3v) is 5.72. The molecule has 0 amide bonds. The fourth-order valence-electron chi connectivity index (χ4n) is 4.27. The Bertz CT molecular complexity index is 650. The zero-order valence-corrected chi connectivity index (χ0v) is 13.5. The van der Waals surface area contributed by atoms with E-state index in [1.807, 2.05) is 0 Å². The quantitative estimate of drug-likeness (QED) is 0.881. The van der Waals surface area contributed by atoms with E-state index in [1.54, 1.807) is 0 Å². The average Bonchev–Trinajstić information content (AvgIpc) is 3.12. The maximum atomic E-state index is 5.58. The van der Waals surface area contributed by atoms with Crippen LogP contribution in [0.4, 0.5) is 0 Å². The van der Waals surface area contributed by atoms with Gasteiger partial charge in [-0.2, -0.15) is 0 Å². The fourth-order valence-corrected chi connectivity index (χ4v) is 4.27. The first-order valence-electron chi connectivity index (χ1n) is 8.62. The molecule has 118 valence electrons. The van der Waals surface area contributed by atoms with Crippen LogP contribution in [-0.2, 0) is 11.3 Å². The van der Waals surface area contributed by atoms with Crippen LogP contribution in [0, 0.1) is 18.3 Å². The molecule has 1 aliphatic carbocycles. The number of aromatic nitrogens is 1. The summed E-state index contributed by atoms with van der Waals surface area (Å²) in [4.78, 5) is 3.38. The van der Waals surface area contributed by atoms with Gasteiger partial charge in [-0.05, 0) is 43.4 Å². The normalized spacial score (nSPS) is 21.3. The van der Waals surface area contributed by atoms with Gasteiger partial charge in [0.1, 0.15) is 0 Å². The zero-order valence-electron chi connectivity index (χ0n) is 13.5. The number of nitrogens with one attached hydrogen (secondary N) is 2. The highest BCUT2D eigenvalue weighted by Crippen LogP contribution is 2.44. The lowest BCUT2D eigenvalue weighted by Gasteiger charge is -2.46. The van der Waals surface area contributed by atoms with E-state index in [2.05, 4.69) is 41.6 Å². The summed E-state index contributed by atoms with van der Waals surface area (Å²) in [7, 11) is 0. The summed E-state index contributed by atoms with van der Waals surface area (Å²) >= 11 is 0. The van der Waals surface area contributed by atoms with Gasteiger partial charge in [-0.25, -0.2) is 0 Å². The molecule has 2 aliphatic rings. The first-order chi connectivity index (χ1) is 10.8. The first kappa shape index (κ1) is 14.3. The molecular formula is C19H26N2O. The molecule has 0 unspecified atom stereocenters. The summed E-state index contributed by atoms with van der Waals surface area (Å²) in [5.74, 6) is 0.874. The molecule has 1 aliphatic heterocycles. The molecule has 4 rings (SSSR count). The lowest BCUT2D eigenvalue weighted by atomic mass is 9.72. The van der Waals surface area contributed by atoms with Crippen LogP contribution in [-0.4, -0.2) is 24.7 Å². The van der Waals surface area contributed by atoms with E-state index in [1.165, 1.54) is 47.7 Å². The molecule has 2 fully saturated rings. The monoisotopic (exact) mass is 298 g/mol. The Kier molecular flexibility index (Phi) is 3.71. The average molecular weight is 298 g/mol.